The molecule has 13 heavy (non-hydrogen) atoms. The summed E-state index contributed by atoms with van der Waals surface area (Å²) in [6.07, 6.45) is 2.81. The van der Waals surface area contributed by atoms with Gasteiger partial charge in [0.25, 0.3) is 5.71 Å². The largest absolute Gasteiger partial charge is 0.362 e. The van der Waals surface area contributed by atoms with E-state index in [-0.39, 0.29) is 18.3 Å². The zero-order chi connectivity index (χ0) is 8.72. The van der Waals surface area contributed by atoms with Crippen LogP contribution < -0.4 is 0 Å². The zero-order valence-corrected chi connectivity index (χ0v) is 8.38. The lowest BCUT2D eigenvalue weighted by Gasteiger charge is -2.15. The molecule has 2 aliphatic rings. The summed E-state index contributed by atoms with van der Waals surface area (Å²) in [5.41, 5.74) is 9.53. The van der Waals surface area contributed by atoms with E-state index in [9.17, 15) is 4.79 Å². The molecule has 3 unspecified atom stereocenters. The third-order valence-electron chi connectivity index (χ3n) is 3.29. The minimum atomic E-state index is 0. The highest BCUT2D eigenvalue weighted by Crippen LogP contribution is 2.46. The molecule has 72 valence electrons. The number of hydrogen-bond donors (Lipinski definition) is 0. The molecule has 0 spiro atoms. The minimum Gasteiger partial charge on any atom is -0.362 e. The number of halogens is 1. The fraction of sp³-hybridized carbons (Fsp3) is 0.778. The third kappa shape index (κ3) is 1.54. The van der Waals surface area contributed by atoms with Gasteiger partial charge in [0.2, 0.25) is 0 Å². The first-order chi connectivity index (χ1) is 5.72. The first-order valence-electron chi connectivity index (χ1n) is 4.43. The highest BCUT2D eigenvalue weighted by molar-refractivity contribution is 5.89. The third-order valence-corrected chi connectivity index (χ3v) is 3.29. The van der Waals surface area contributed by atoms with Crippen molar-refractivity contribution in [3.05, 3.63) is 5.53 Å². The Labute approximate surface area is 83.5 Å². The van der Waals surface area contributed by atoms with E-state index in [4.69, 9.17) is 5.53 Å². The van der Waals surface area contributed by atoms with Crippen molar-refractivity contribution in [1.29, 1.82) is 0 Å². The topological polar surface area (TPSA) is 53.5 Å². The van der Waals surface area contributed by atoms with Crippen LogP contribution in [0.2, 0.25) is 0 Å². The molecule has 0 aromatic heterocycles. The second-order valence-electron chi connectivity index (χ2n) is 3.94. The molecule has 0 amide bonds. The second kappa shape index (κ2) is 3.60. The first kappa shape index (κ1) is 10.4. The van der Waals surface area contributed by atoms with Crippen molar-refractivity contribution in [2.24, 2.45) is 17.8 Å². The van der Waals surface area contributed by atoms with Crippen LogP contribution in [0.3, 0.4) is 0 Å². The van der Waals surface area contributed by atoms with E-state index < -0.39 is 0 Å². The second-order valence-corrected chi connectivity index (χ2v) is 3.94. The van der Waals surface area contributed by atoms with Crippen molar-refractivity contribution in [2.75, 3.05) is 0 Å². The number of ketones is 1. The maximum absolute atomic E-state index is 11.1. The lowest BCUT2D eigenvalue weighted by molar-refractivity contribution is -0.121. The molecule has 0 heterocycles. The molecular weight excluding hydrogens is 188 g/mol. The highest BCUT2D eigenvalue weighted by Gasteiger charge is 2.49. The smallest absolute Gasteiger partial charge is 0.272 e. The molecule has 3 nitrogen and oxygen atoms in total. The van der Waals surface area contributed by atoms with Gasteiger partial charge >= 0.3 is 0 Å². The van der Waals surface area contributed by atoms with E-state index in [0.29, 0.717) is 17.6 Å². The summed E-state index contributed by atoms with van der Waals surface area (Å²) in [6, 6.07) is 0. The molecular formula is C9H13ClN2O. The van der Waals surface area contributed by atoms with Crippen molar-refractivity contribution in [1.82, 2.24) is 0 Å². The number of carbonyl (C=O) groups is 1. The van der Waals surface area contributed by atoms with Gasteiger partial charge < -0.3 is 5.53 Å². The molecule has 0 aromatic carbocycles. The number of carbonyl (C=O) groups excluding carboxylic acids is 1. The molecule has 2 saturated carbocycles. The van der Waals surface area contributed by atoms with Gasteiger partial charge in [0, 0.05) is 12.3 Å². The molecule has 3 atom stereocenters. The zero-order valence-electron chi connectivity index (χ0n) is 7.56. The van der Waals surface area contributed by atoms with Crippen LogP contribution in [-0.4, -0.2) is 16.3 Å². The first-order valence-corrected chi connectivity index (χ1v) is 4.43. The summed E-state index contributed by atoms with van der Waals surface area (Å²) in [4.78, 5) is 14.4. The summed E-state index contributed by atoms with van der Waals surface area (Å²) in [7, 11) is 0. The summed E-state index contributed by atoms with van der Waals surface area (Å²) >= 11 is 0. The number of Topliss-reactive ketones (excluding diaryl/α,β-unsaturated/α-hetero) is 1. The van der Waals surface area contributed by atoms with Gasteiger partial charge in [0.1, 0.15) is 5.78 Å². The molecule has 0 saturated heterocycles. The fourth-order valence-electron chi connectivity index (χ4n) is 2.68. The van der Waals surface area contributed by atoms with E-state index in [0.717, 1.165) is 25.0 Å². The maximum Gasteiger partial charge on any atom is 0.272 e. The van der Waals surface area contributed by atoms with Crippen molar-refractivity contribution in [2.45, 2.75) is 26.2 Å². The molecule has 0 radical (unpaired) electrons. The van der Waals surface area contributed by atoms with Crippen LogP contribution in [0.5, 0.6) is 0 Å². The fourth-order valence-corrected chi connectivity index (χ4v) is 2.68. The molecule has 4 heteroatoms. The summed E-state index contributed by atoms with van der Waals surface area (Å²) in [5.74, 6) is 1.42. The van der Waals surface area contributed by atoms with Crippen molar-refractivity contribution in [3.8, 4) is 0 Å². The number of nitrogens with zero attached hydrogens (tertiary/aromatic N) is 2. The Morgan fingerprint density at radius 2 is 2.23 bits per heavy atom. The van der Waals surface area contributed by atoms with Crippen LogP contribution >= 0.6 is 12.4 Å². The van der Waals surface area contributed by atoms with Crippen LogP contribution in [0.25, 0.3) is 5.53 Å². The summed E-state index contributed by atoms with van der Waals surface area (Å²) in [5, 5.41) is 0. The van der Waals surface area contributed by atoms with Crippen LogP contribution in [-0.2, 0) is 4.79 Å². The predicted molar refractivity (Wildman–Crippen MR) is 50.9 cm³/mol. The maximum atomic E-state index is 11.1. The highest BCUT2D eigenvalue weighted by atomic mass is 35.5. The summed E-state index contributed by atoms with van der Waals surface area (Å²) < 4.78 is 0. The van der Waals surface area contributed by atoms with Gasteiger partial charge in [-0.2, -0.15) is 4.79 Å². The van der Waals surface area contributed by atoms with E-state index in [1.165, 1.54) is 0 Å². The van der Waals surface area contributed by atoms with Gasteiger partial charge in [-0.25, -0.2) is 0 Å². The van der Waals surface area contributed by atoms with Gasteiger partial charge in [0.05, 0.1) is 5.92 Å². The molecule has 0 aromatic rings. The quantitative estimate of drug-likeness (QED) is 0.470. The van der Waals surface area contributed by atoms with Gasteiger partial charge in [-0.05, 0) is 25.7 Å². The van der Waals surface area contributed by atoms with Gasteiger partial charge in [-0.1, -0.05) is 0 Å². The SMILES string of the molecule is CC(=O)C1CC2CC1CC2=[N+]=[N-].Cl. The van der Waals surface area contributed by atoms with Crippen molar-refractivity contribution >= 4 is 23.9 Å². The van der Waals surface area contributed by atoms with Crippen LogP contribution in [0.4, 0.5) is 0 Å². The Hall–Kier alpha value is -0.660. The molecule has 2 rings (SSSR count). The van der Waals surface area contributed by atoms with Crippen LogP contribution in [0.15, 0.2) is 0 Å². The van der Waals surface area contributed by atoms with Crippen molar-refractivity contribution < 1.29 is 9.58 Å². The Bertz CT molecular complexity index is 283. The van der Waals surface area contributed by atoms with Crippen LogP contribution in [0, 0.1) is 17.8 Å². The Morgan fingerprint density at radius 1 is 1.54 bits per heavy atom. The number of rotatable bonds is 1. The van der Waals surface area contributed by atoms with Gasteiger partial charge in [-0.15, -0.1) is 12.4 Å². The molecule has 2 fully saturated rings. The van der Waals surface area contributed by atoms with E-state index in [1.54, 1.807) is 6.92 Å². The lowest BCUT2D eigenvalue weighted by Crippen LogP contribution is -2.23. The van der Waals surface area contributed by atoms with Crippen LogP contribution in [0.1, 0.15) is 26.2 Å². The lowest BCUT2D eigenvalue weighted by atomic mass is 9.85. The Morgan fingerprint density at radius 3 is 2.62 bits per heavy atom. The summed E-state index contributed by atoms with van der Waals surface area (Å²) in [6.45, 7) is 1.67. The monoisotopic (exact) mass is 200 g/mol. The minimum absolute atomic E-state index is 0. The van der Waals surface area contributed by atoms with Gasteiger partial charge in [-0.3, -0.25) is 4.79 Å². The molecule has 0 aliphatic heterocycles. The van der Waals surface area contributed by atoms with E-state index in [1.807, 2.05) is 0 Å². The molecule has 0 N–H and O–H groups in total. The van der Waals surface area contributed by atoms with Gasteiger partial charge in [0.15, 0.2) is 0 Å². The van der Waals surface area contributed by atoms with E-state index >= 15 is 0 Å². The molecule has 2 aliphatic carbocycles. The molecule has 2 bridgehead atoms. The van der Waals surface area contributed by atoms with Crippen molar-refractivity contribution in [3.63, 3.8) is 0 Å². The van der Waals surface area contributed by atoms with E-state index in [2.05, 4.69) is 4.79 Å². The average Bonchev–Trinajstić information content (AvgIpc) is 2.60. The number of fused-ring (bicyclic) bond motifs is 2. The average molecular weight is 201 g/mol. The Kier molecular flexibility index (Phi) is 2.89. The standard InChI is InChI=1S/C9H12N2O.ClH/c1-5(12)8-3-7-2-6(8)4-9(7)11-10;/h6-8H,2-4H2,1H3;1H. The predicted octanol–water partition coefficient (Wildman–Crippen LogP) is 1.71. The normalized spacial score (nSPS) is 35.5. The number of hydrogen-bond acceptors (Lipinski definition) is 1. The Balaban J connectivity index is 0.000000845.